The third-order valence-electron chi connectivity index (χ3n) is 5.78. The van der Waals surface area contributed by atoms with Crippen molar-refractivity contribution in [1.82, 2.24) is 9.80 Å². The number of hydrogen-bond acceptors (Lipinski definition) is 5. The molecule has 1 saturated carbocycles. The highest BCUT2D eigenvalue weighted by Gasteiger charge is 2.60. The number of amides is 2. The summed E-state index contributed by atoms with van der Waals surface area (Å²) in [5, 5.41) is 19.7. The number of aliphatic hydroxyl groups excluding tert-OH is 1. The summed E-state index contributed by atoms with van der Waals surface area (Å²) in [5.74, 6) is -1.96. The molecule has 0 bridgehead atoms. The molecule has 0 unspecified atom stereocenters. The standard InChI is InChI=1S/C18H26N2O5S/c1-8-13-12(9(2)21)17(23)20(13)14(18(24)25)15(8)26-11-6-5-10(7-11)16(22)19(3)4/h8-13,21H,5-7H2,1-4H3,(H,24,25)/t8-,9-,10+,11-,12-,13-/m1/s1. The van der Waals surface area contributed by atoms with E-state index in [0.29, 0.717) is 4.91 Å². The largest absolute Gasteiger partial charge is 0.477 e. The SMILES string of the molecule is C[C@@H](O)[C@H]1C(=O)N2C(C(=O)O)=C(S[C@@H]3CC[C@H](C(=O)N(C)C)C3)[C@H](C)[C@H]12. The van der Waals surface area contributed by atoms with E-state index in [1.165, 1.54) is 16.7 Å². The van der Waals surface area contributed by atoms with Gasteiger partial charge in [-0.05, 0) is 26.2 Å². The first-order valence-corrected chi connectivity index (χ1v) is 9.89. The Morgan fingerprint density at radius 3 is 2.50 bits per heavy atom. The Labute approximate surface area is 157 Å². The van der Waals surface area contributed by atoms with Crippen LogP contribution >= 0.6 is 11.8 Å². The summed E-state index contributed by atoms with van der Waals surface area (Å²) in [6.07, 6.45) is 1.60. The van der Waals surface area contributed by atoms with Gasteiger partial charge in [0.1, 0.15) is 5.70 Å². The highest BCUT2D eigenvalue weighted by molar-refractivity contribution is 8.03. The van der Waals surface area contributed by atoms with Crippen LogP contribution in [0.5, 0.6) is 0 Å². The third-order valence-corrected chi connectivity index (χ3v) is 7.36. The summed E-state index contributed by atoms with van der Waals surface area (Å²) in [7, 11) is 3.50. The summed E-state index contributed by atoms with van der Waals surface area (Å²) in [6.45, 7) is 3.50. The lowest BCUT2D eigenvalue weighted by Crippen LogP contribution is -2.63. The van der Waals surface area contributed by atoms with Crippen molar-refractivity contribution >= 4 is 29.5 Å². The van der Waals surface area contributed by atoms with Crippen LogP contribution in [0.15, 0.2) is 10.6 Å². The Bertz CT molecular complexity index is 674. The minimum Gasteiger partial charge on any atom is -0.477 e. The second-order valence-electron chi connectivity index (χ2n) is 7.75. The molecule has 0 aromatic carbocycles. The number of fused-ring (bicyclic) bond motifs is 1. The van der Waals surface area contributed by atoms with Gasteiger partial charge in [0.25, 0.3) is 0 Å². The lowest BCUT2D eigenvalue weighted by atomic mass is 9.79. The molecule has 2 fully saturated rings. The molecule has 1 saturated heterocycles. The monoisotopic (exact) mass is 382 g/mol. The van der Waals surface area contributed by atoms with Crippen LogP contribution in [0.2, 0.25) is 0 Å². The fourth-order valence-corrected chi connectivity index (χ4v) is 6.09. The summed E-state index contributed by atoms with van der Waals surface area (Å²) in [5.41, 5.74) is 0.0665. The molecule has 1 aliphatic carbocycles. The molecule has 7 nitrogen and oxygen atoms in total. The molecule has 0 aromatic rings. The van der Waals surface area contributed by atoms with Crippen molar-refractivity contribution in [3.63, 3.8) is 0 Å². The number of rotatable bonds is 5. The Hall–Kier alpha value is -1.54. The maximum atomic E-state index is 12.4. The molecule has 0 aromatic heterocycles. The van der Waals surface area contributed by atoms with Gasteiger partial charge in [-0.1, -0.05) is 6.92 Å². The van der Waals surface area contributed by atoms with Gasteiger partial charge in [-0.25, -0.2) is 4.79 Å². The number of carbonyl (C=O) groups is 3. The minimum atomic E-state index is -1.10. The van der Waals surface area contributed by atoms with Crippen LogP contribution in [-0.4, -0.2) is 69.3 Å². The fourth-order valence-electron chi connectivity index (χ4n) is 4.49. The van der Waals surface area contributed by atoms with Crippen LogP contribution in [0.25, 0.3) is 0 Å². The van der Waals surface area contributed by atoms with Gasteiger partial charge in [0, 0.05) is 36.1 Å². The van der Waals surface area contributed by atoms with E-state index in [9.17, 15) is 24.6 Å². The normalized spacial score (nSPS) is 34.6. The van der Waals surface area contributed by atoms with Gasteiger partial charge >= 0.3 is 5.97 Å². The summed E-state index contributed by atoms with van der Waals surface area (Å²) >= 11 is 1.51. The van der Waals surface area contributed by atoms with Gasteiger partial charge in [-0.3, -0.25) is 9.59 Å². The average Bonchev–Trinajstić information content (AvgIpc) is 3.09. The maximum absolute atomic E-state index is 12.4. The predicted molar refractivity (Wildman–Crippen MR) is 97.0 cm³/mol. The van der Waals surface area contributed by atoms with E-state index in [0.717, 1.165) is 19.3 Å². The van der Waals surface area contributed by atoms with Crippen molar-refractivity contribution < 1.29 is 24.6 Å². The van der Waals surface area contributed by atoms with Crippen LogP contribution in [0.3, 0.4) is 0 Å². The second-order valence-corrected chi connectivity index (χ2v) is 9.10. The number of hydrogen-bond donors (Lipinski definition) is 2. The zero-order chi connectivity index (χ0) is 19.3. The van der Waals surface area contributed by atoms with Gasteiger partial charge in [0.05, 0.1) is 18.1 Å². The Morgan fingerprint density at radius 2 is 1.96 bits per heavy atom. The van der Waals surface area contributed by atoms with E-state index in [1.807, 2.05) is 6.92 Å². The number of carboxylic acid groups (broad SMARTS) is 1. The Kier molecular flexibility index (Phi) is 5.09. The van der Waals surface area contributed by atoms with Gasteiger partial charge < -0.3 is 20.0 Å². The Morgan fingerprint density at radius 1 is 1.31 bits per heavy atom. The average molecular weight is 382 g/mol. The van der Waals surface area contributed by atoms with Crippen LogP contribution in [0.4, 0.5) is 0 Å². The van der Waals surface area contributed by atoms with Gasteiger partial charge in [0.2, 0.25) is 11.8 Å². The highest BCUT2D eigenvalue weighted by atomic mass is 32.2. The molecule has 0 radical (unpaired) electrons. The molecule has 2 amide bonds. The van der Waals surface area contributed by atoms with Crippen molar-refractivity contribution in [2.24, 2.45) is 17.8 Å². The predicted octanol–water partition coefficient (Wildman–Crippen LogP) is 1.13. The van der Waals surface area contributed by atoms with Gasteiger partial charge in [-0.15, -0.1) is 11.8 Å². The number of aliphatic hydroxyl groups is 1. The van der Waals surface area contributed by atoms with E-state index >= 15 is 0 Å². The molecule has 6 atom stereocenters. The minimum absolute atomic E-state index is 0.0167. The third kappa shape index (κ3) is 2.93. The van der Waals surface area contributed by atoms with Crippen LogP contribution in [-0.2, 0) is 14.4 Å². The van der Waals surface area contributed by atoms with Crippen molar-refractivity contribution in [2.45, 2.75) is 50.5 Å². The van der Waals surface area contributed by atoms with E-state index in [2.05, 4.69) is 0 Å². The van der Waals surface area contributed by atoms with Crippen molar-refractivity contribution in [3.05, 3.63) is 10.6 Å². The van der Waals surface area contributed by atoms with Crippen LogP contribution in [0.1, 0.15) is 33.1 Å². The number of carboxylic acids is 1. The van der Waals surface area contributed by atoms with E-state index < -0.39 is 18.0 Å². The van der Waals surface area contributed by atoms with Crippen molar-refractivity contribution in [2.75, 3.05) is 14.1 Å². The molecule has 0 spiro atoms. The molecule has 2 aliphatic heterocycles. The van der Waals surface area contributed by atoms with Gasteiger partial charge in [-0.2, -0.15) is 0 Å². The topological polar surface area (TPSA) is 98.1 Å². The van der Waals surface area contributed by atoms with Gasteiger partial charge in [0.15, 0.2) is 0 Å². The van der Waals surface area contributed by atoms with Crippen molar-refractivity contribution in [1.29, 1.82) is 0 Å². The lowest BCUT2D eigenvalue weighted by Gasteiger charge is -2.46. The van der Waals surface area contributed by atoms with Crippen LogP contribution < -0.4 is 0 Å². The molecule has 8 heteroatoms. The molecule has 3 aliphatic rings. The molecule has 3 rings (SSSR count). The number of β-lactam (4-membered cyclic amide) rings is 1. The first-order valence-electron chi connectivity index (χ1n) is 9.01. The molecular weight excluding hydrogens is 356 g/mol. The molecule has 2 heterocycles. The number of nitrogens with zero attached hydrogens (tertiary/aromatic N) is 2. The first-order chi connectivity index (χ1) is 12.1. The number of thioether (sulfide) groups is 1. The zero-order valence-corrected chi connectivity index (χ0v) is 16.3. The Balaban J connectivity index is 1.78. The quantitative estimate of drug-likeness (QED) is 0.692. The fraction of sp³-hybridized carbons (Fsp3) is 0.722. The zero-order valence-electron chi connectivity index (χ0n) is 15.5. The van der Waals surface area contributed by atoms with Crippen molar-refractivity contribution in [3.8, 4) is 0 Å². The lowest BCUT2D eigenvalue weighted by molar-refractivity contribution is -0.163. The molecular formula is C18H26N2O5S. The number of aliphatic carboxylic acids is 1. The smallest absolute Gasteiger partial charge is 0.353 e. The highest BCUT2D eigenvalue weighted by Crippen LogP contribution is 2.53. The second kappa shape index (κ2) is 6.88. The van der Waals surface area contributed by atoms with E-state index in [1.54, 1.807) is 25.9 Å². The first kappa shape index (κ1) is 19.2. The van der Waals surface area contributed by atoms with Crippen LogP contribution in [0, 0.1) is 17.8 Å². The molecule has 26 heavy (non-hydrogen) atoms. The van der Waals surface area contributed by atoms with E-state index in [-0.39, 0.29) is 40.6 Å². The molecule has 144 valence electrons. The molecule has 2 N–H and O–H groups in total. The summed E-state index contributed by atoms with van der Waals surface area (Å²) in [6, 6.07) is -0.281. The summed E-state index contributed by atoms with van der Waals surface area (Å²) < 4.78 is 0. The van der Waals surface area contributed by atoms with E-state index in [4.69, 9.17) is 0 Å². The maximum Gasteiger partial charge on any atom is 0.353 e. The summed E-state index contributed by atoms with van der Waals surface area (Å²) in [4.78, 5) is 40.0. The number of carbonyl (C=O) groups excluding carboxylic acids is 2.